The quantitative estimate of drug-likeness (QED) is 0.606. The monoisotopic (exact) mass is 210 g/mol. The molecule has 4 nitrogen and oxygen atoms in total. The Balaban J connectivity index is 2.31. The van der Waals surface area contributed by atoms with Crippen LogP contribution in [0.4, 0.5) is 0 Å². The first-order valence-electron chi connectivity index (χ1n) is 4.95. The van der Waals surface area contributed by atoms with E-state index in [1.807, 2.05) is 20.8 Å². The number of hydrogen-bond donors (Lipinski definition) is 0. The predicted octanol–water partition coefficient (Wildman–Crippen LogP) is 0.995. The molecule has 0 aromatic heterocycles. The Bertz CT molecular complexity index is 373. The van der Waals surface area contributed by atoms with Gasteiger partial charge in [-0.2, -0.15) is 0 Å². The molecule has 0 spiro atoms. The minimum atomic E-state index is -0.585. The van der Waals surface area contributed by atoms with E-state index in [1.165, 1.54) is 0 Å². The second-order valence-electron chi connectivity index (χ2n) is 4.87. The van der Waals surface area contributed by atoms with Crippen molar-refractivity contribution in [3.8, 4) is 0 Å². The topological polar surface area (TPSA) is 55.9 Å². The van der Waals surface area contributed by atoms with Crippen molar-refractivity contribution >= 4 is 11.6 Å². The Morgan fingerprint density at radius 2 is 1.67 bits per heavy atom. The first-order chi connectivity index (χ1) is 6.81. The van der Waals surface area contributed by atoms with E-state index in [1.54, 1.807) is 6.92 Å². The van der Waals surface area contributed by atoms with Gasteiger partial charge in [-0.25, -0.2) is 0 Å². The molecule has 1 fully saturated rings. The summed E-state index contributed by atoms with van der Waals surface area (Å²) in [5.74, 6) is -0.155. The van der Waals surface area contributed by atoms with Gasteiger partial charge in [0.25, 0.3) is 0 Å². The maximum absolute atomic E-state index is 11.7. The number of carbonyl (C=O) groups excluding carboxylic acids is 2. The highest BCUT2D eigenvalue weighted by atomic mass is 16.6. The molecular weight excluding hydrogens is 196 g/mol. The van der Waals surface area contributed by atoms with Crippen LogP contribution in [0.1, 0.15) is 27.7 Å². The summed E-state index contributed by atoms with van der Waals surface area (Å²) in [5, 5.41) is 0. The van der Waals surface area contributed by atoms with Crippen molar-refractivity contribution in [1.29, 1.82) is 0 Å². The Labute approximate surface area is 88.2 Å². The molecule has 4 heteroatoms. The third-order valence-electron chi connectivity index (χ3n) is 2.35. The first-order valence-corrected chi connectivity index (χ1v) is 4.95. The number of hydrogen-bond acceptors (Lipinski definition) is 4. The van der Waals surface area contributed by atoms with E-state index in [2.05, 4.69) is 0 Å². The molecule has 2 aliphatic rings. The van der Waals surface area contributed by atoms with Gasteiger partial charge in [-0.05, 0) is 27.7 Å². The lowest BCUT2D eigenvalue weighted by atomic mass is 9.96. The molecule has 0 aromatic carbocycles. The number of ketones is 2. The highest BCUT2D eigenvalue weighted by Gasteiger charge is 2.56. The van der Waals surface area contributed by atoms with Crippen LogP contribution in [-0.4, -0.2) is 29.4 Å². The molecule has 0 radical (unpaired) electrons. The number of fused-ring (bicyclic) bond motifs is 1. The first kappa shape index (κ1) is 10.4. The molecule has 0 N–H and O–H groups in total. The van der Waals surface area contributed by atoms with E-state index in [4.69, 9.17) is 9.47 Å². The summed E-state index contributed by atoms with van der Waals surface area (Å²) in [4.78, 5) is 23.3. The number of ether oxygens (including phenoxy) is 2. The van der Waals surface area contributed by atoms with Crippen molar-refractivity contribution in [2.75, 3.05) is 0 Å². The van der Waals surface area contributed by atoms with Gasteiger partial charge in [-0.3, -0.25) is 9.59 Å². The van der Waals surface area contributed by atoms with Crippen molar-refractivity contribution in [2.24, 2.45) is 0 Å². The lowest BCUT2D eigenvalue weighted by Gasteiger charge is -2.24. The van der Waals surface area contributed by atoms with Gasteiger partial charge < -0.3 is 9.47 Å². The van der Waals surface area contributed by atoms with Gasteiger partial charge in [0.1, 0.15) is 5.60 Å². The third-order valence-corrected chi connectivity index (χ3v) is 2.35. The van der Waals surface area contributed by atoms with Crippen LogP contribution in [0.3, 0.4) is 0 Å². The Hall–Kier alpha value is -1.16. The van der Waals surface area contributed by atoms with E-state index in [0.29, 0.717) is 5.57 Å². The number of carbonyl (C=O) groups is 2. The normalized spacial score (nSPS) is 30.4. The van der Waals surface area contributed by atoms with Crippen molar-refractivity contribution in [3.05, 3.63) is 11.3 Å². The fourth-order valence-electron chi connectivity index (χ4n) is 1.58. The molecule has 0 bridgehead atoms. The zero-order valence-electron chi connectivity index (χ0n) is 9.29. The standard InChI is InChI=1S/C11H14O4/c1-5-6(12)9-10(14-9)7(13)8(5)15-11(2,3)4/h9-10H,1-4H3. The van der Waals surface area contributed by atoms with Crippen LogP contribution < -0.4 is 0 Å². The Morgan fingerprint density at radius 3 is 2.20 bits per heavy atom. The van der Waals surface area contributed by atoms with Gasteiger partial charge >= 0.3 is 0 Å². The van der Waals surface area contributed by atoms with Gasteiger partial charge in [-0.1, -0.05) is 0 Å². The molecule has 1 aliphatic carbocycles. The van der Waals surface area contributed by atoms with Crippen LogP contribution in [-0.2, 0) is 19.1 Å². The average Bonchev–Trinajstić information content (AvgIpc) is 2.87. The number of epoxide rings is 1. The summed E-state index contributed by atoms with van der Waals surface area (Å²) in [6, 6.07) is 0. The summed E-state index contributed by atoms with van der Waals surface area (Å²) < 4.78 is 10.5. The average molecular weight is 210 g/mol. The molecule has 0 aromatic rings. The molecule has 0 saturated carbocycles. The summed E-state index contributed by atoms with van der Waals surface area (Å²) in [5.41, 5.74) is -0.0949. The highest BCUT2D eigenvalue weighted by Crippen LogP contribution is 2.36. The minimum absolute atomic E-state index is 0.126. The summed E-state index contributed by atoms with van der Waals surface area (Å²) >= 11 is 0. The Morgan fingerprint density at radius 1 is 1.13 bits per heavy atom. The lowest BCUT2D eigenvalue weighted by molar-refractivity contribution is -0.125. The van der Waals surface area contributed by atoms with Crippen molar-refractivity contribution in [1.82, 2.24) is 0 Å². The molecule has 1 aliphatic heterocycles. The summed E-state index contributed by atoms with van der Waals surface area (Å²) in [6.07, 6.45) is -1.12. The number of rotatable bonds is 1. The second kappa shape index (κ2) is 2.92. The Kier molecular flexibility index (Phi) is 2.01. The van der Waals surface area contributed by atoms with Gasteiger partial charge in [0, 0.05) is 5.57 Å². The van der Waals surface area contributed by atoms with Crippen LogP contribution in [0, 0.1) is 0 Å². The van der Waals surface area contributed by atoms with Crippen LogP contribution in [0.15, 0.2) is 11.3 Å². The van der Waals surface area contributed by atoms with E-state index in [-0.39, 0.29) is 17.3 Å². The zero-order valence-corrected chi connectivity index (χ0v) is 9.29. The van der Waals surface area contributed by atoms with Gasteiger partial charge in [0.05, 0.1) is 0 Å². The summed E-state index contributed by atoms with van der Waals surface area (Å²) in [6.45, 7) is 7.12. The van der Waals surface area contributed by atoms with Crippen molar-refractivity contribution < 1.29 is 19.1 Å². The molecule has 15 heavy (non-hydrogen) atoms. The van der Waals surface area contributed by atoms with Crippen LogP contribution >= 0.6 is 0 Å². The number of Topliss-reactive ketones (excluding diaryl/α,β-unsaturated/α-hetero) is 2. The van der Waals surface area contributed by atoms with E-state index >= 15 is 0 Å². The van der Waals surface area contributed by atoms with Gasteiger partial charge in [0.15, 0.2) is 23.8 Å². The molecule has 2 atom stereocenters. The lowest BCUT2D eigenvalue weighted by Crippen LogP contribution is -2.32. The van der Waals surface area contributed by atoms with Crippen LogP contribution in [0.2, 0.25) is 0 Å². The predicted molar refractivity (Wildman–Crippen MR) is 52.2 cm³/mol. The summed E-state index contributed by atoms with van der Waals surface area (Å²) in [7, 11) is 0. The van der Waals surface area contributed by atoms with Crippen molar-refractivity contribution in [2.45, 2.75) is 45.5 Å². The van der Waals surface area contributed by atoms with Gasteiger partial charge in [-0.15, -0.1) is 0 Å². The van der Waals surface area contributed by atoms with Crippen LogP contribution in [0.5, 0.6) is 0 Å². The fraction of sp³-hybridized carbons (Fsp3) is 0.636. The fourth-order valence-corrected chi connectivity index (χ4v) is 1.58. The molecule has 1 saturated heterocycles. The van der Waals surface area contributed by atoms with Gasteiger partial charge in [0.2, 0.25) is 5.78 Å². The van der Waals surface area contributed by atoms with E-state index in [0.717, 1.165) is 0 Å². The smallest absolute Gasteiger partial charge is 0.229 e. The zero-order chi connectivity index (χ0) is 11.4. The molecule has 2 rings (SSSR count). The van der Waals surface area contributed by atoms with Crippen molar-refractivity contribution in [3.63, 3.8) is 0 Å². The molecule has 1 heterocycles. The molecule has 0 amide bonds. The highest BCUT2D eigenvalue weighted by molar-refractivity contribution is 6.17. The second-order valence-corrected chi connectivity index (χ2v) is 4.87. The largest absolute Gasteiger partial charge is 0.484 e. The van der Waals surface area contributed by atoms with E-state index < -0.39 is 17.8 Å². The van der Waals surface area contributed by atoms with E-state index in [9.17, 15) is 9.59 Å². The SMILES string of the molecule is CC1=C(OC(C)(C)C)C(=O)C2OC2C1=O. The maximum Gasteiger partial charge on any atom is 0.229 e. The maximum atomic E-state index is 11.7. The molecule has 82 valence electrons. The molecule has 2 unspecified atom stereocenters. The molecular formula is C11H14O4. The third kappa shape index (κ3) is 1.69. The minimum Gasteiger partial charge on any atom is -0.484 e. The van der Waals surface area contributed by atoms with Crippen LogP contribution in [0.25, 0.3) is 0 Å².